The summed E-state index contributed by atoms with van der Waals surface area (Å²) in [5.74, 6) is 0.437. The molecule has 2 N–H and O–H groups in total. The number of carboxylic acid groups (broad SMARTS) is 1. The zero-order chi connectivity index (χ0) is 29.7. The first-order chi connectivity index (χ1) is 19.8. The largest absolute Gasteiger partial charge is 0.478 e. The van der Waals surface area contributed by atoms with Crippen molar-refractivity contribution in [2.75, 3.05) is 5.32 Å². The van der Waals surface area contributed by atoms with Crippen LogP contribution in [0.5, 0.6) is 5.75 Å². The van der Waals surface area contributed by atoms with Crippen molar-refractivity contribution < 1.29 is 14.6 Å². The average Bonchev–Trinajstić information content (AvgIpc) is 3.00. The number of anilines is 1. The number of benzene rings is 4. The van der Waals surface area contributed by atoms with Gasteiger partial charge in [0.05, 0.1) is 23.2 Å². The molecule has 5 rings (SSSR count). The van der Waals surface area contributed by atoms with Gasteiger partial charge in [0.1, 0.15) is 11.5 Å². The summed E-state index contributed by atoms with van der Waals surface area (Å²) in [5.41, 5.74) is 8.92. The number of rotatable bonds is 6. The van der Waals surface area contributed by atoms with E-state index in [0.717, 1.165) is 44.5 Å². The van der Waals surface area contributed by atoms with Crippen LogP contribution in [0.4, 0.5) is 5.69 Å². The van der Waals surface area contributed by atoms with Crippen LogP contribution < -0.4 is 10.1 Å². The highest BCUT2D eigenvalue weighted by Crippen LogP contribution is 2.45. The van der Waals surface area contributed by atoms with Gasteiger partial charge < -0.3 is 15.2 Å². The fourth-order valence-electron chi connectivity index (χ4n) is 4.97. The molecule has 206 valence electrons. The lowest BCUT2D eigenvalue weighted by molar-refractivity contribution is 0.0698. The number of carboxylic acids is 1. The van der Waals surface area contributed by atoms with E-state index in [4.69, 9.17) is 4.74 Å². The number of aryl methyl sites for hydroxylation is 1. The maximum absolute atomic E-state index is 11.8. The minimum atomic E-state index is -0.984. The van der Waals surface area contributed by atoms with Crippen LogP contribution in [0.15, 0.2) is 97.1 Å². The molecule has 1 heterocycles. The highest BCUT2D eigenvalue weighted by molar-refractivity contribution is 5.95. The van der Waals surface area contributed by atoms with Gasteiger partial charge in [-0.2, -0.15) is 5.26 Å². The maximum Gasteiger partial charge on any atom is 0.337 e. The Labute approximate surface area is 242 Å². The Hall–Kier alpha value is -5.08. The summed E-state index contributed by atoms with van der Waals surface area (Å²) in [5, 5.41) is 22.3. The van der Waals surface area contributed by atoms with E-state index in [0.29, 0.717) is 22.8 Å². The number of hydrogen-bond donors (Lipinski definition) is 2. The van der Waals surface area contributed by atoms with Crippen molar-refractivity contribution in [2.45, 2.75) is 40.7 Å². The summed E-state index contributed by atoms with van der Waals surface area (Å²) in [6.07, 6.45) is 0. The van der Waals surface area contributed by atoms with Crippen molar-refractivity contribution in [3.63, 3.8) is 0 Å². The maximum atomic E-state index is 11.8. The topological polar surface area (TPSA) is 82.3 Å². The Balaban J connectivity index is 0.00000189. The number of nitrogens with one attached hydrogen (secondary N) is 1. The molecule has 1 aliphatic rings. The van der Waals surface area contributed by atoms with Crippen molar-refractivity contribution in [2.24, 2.45) is 0 Å². The van der Waals surface area contributed by atoms with Gasteiger partial charge >= 0.3 is 5.97 Å². The number of carbonyl (C=O) groups is 1. The number of fused-ring (bicyclic) bond motifs is 1. The van der Waals surface area contributed by atoms with Gasteiger partial charge in [-0.25, -0.2) is 4.79 Å². The smallest absolute Gasteiger partial charge is 0.337 e. The Bertz CT molecular complexity index is 1710. The summed E-state index contributed by atoms with van der Waals surface area (Å²) in [7, 11) is 0. The number of ether oxygens (including phenoxy) is 1. The molecule has 0 saturated carbocycles. The lowest BCUT2D eigenvalue weighted by Gasteiger charge is -2.29. The highest BCUT2D eigenvalue weighted by Gasteiger charge is 2.27. The van der Waals surface area contributed by atoms with Crippen LogP contribution >= 0.6 is 0 Å². The van der Waals surface area contributed by atoms with Gasteiger partial charge in [0.15, 0.2) is 0 Å². The third kappa shape index (κ3) is 5.92. The molecule has 1 atom stereocenters. The molecule has 0 aromatic heterocycles. The molecule has 5 heteroatoms. The van der Waals surface area contributed by atoms with E-state index in [1.165, 1.54) is 0 Å². The summed E-state index contributed by atoms with van der Waals surface area (Å²) in [6.45, 7) is 14.4. The van der Waals surface area contributed by atoms with E-state index in [-0.39, 0.29) is 11.6 Å². The molecule has 1 unspecified atom stereocenters. The van der Waals surface area contributed by atoms with Crippen LogP contribution in [0, 0.1) is 18.3 Å². The standard InChI is InChI=1S/C34H28N2O3.C2H6/c1-20-15-29-21(2)22(3)32(27-12-8-11-26(18-27)25-10-7-9-24(17-25)19-35)39-33(29)30(16-20)23(4)36-31-14-6-5-13-28(31)34(37)38;1-2/h5-18,23,36H,2H2,1,3-4H3,(H,37,38);1-2H3. The second kappa shape index (κ2) is 12.4. The summed E-state index contributed by atoms with van der Waals surface area (Å²) >= 11 is 0. The van der Waals surface area contributed by atoms with Crippen molar-refractivity contribution in [1.82, 2.24) is 0 Å². The van der Waals surface area contributed by atoms with E-state index in [9.17, 15) is 15.2 Å². The zero-order valence-electron chi connectivity index (χ0n) is 24.1. The molecule has 0 aliphatic carbocycles. The van der Waals surface area contributed by atoms with Crippen LogP contribution in [-0.4, -0.2) is 11.1 Å². The van der Waals surface area contributed by atoms with Crippen LogP contribution in [0.1, 0.15) is 71.9 Å². The number of aromatic carboxylic acids is 1. The zero-order valence-corrected chi connectivity index (χ0v) is 24.1. The van der Waals surface area contributed by atoms with Crippen molar-refractivity contribution in [3.8, 4) is 22.9 Å². The third-order valence-corrected chi connectivity index (χ3v) is 7.03. The molecular formula is C36H34N2O3. The summed E-state index contributed by atoms with van der Waals surface area (Å²) < 4.78 is 6.67. The first-order valence-corrected chi connectivity index (χ1v) is 13.7. The lowest BCUT2D eigenvalue weighted by Crippen LogP contribution is -2.15. The minimum Gasteiger partial charge on any atom is -0.478 e. The third-order valence-electron chi connectivity index (χ3n) is 7.03. The minimum absolute atomic E-state index is 0.213. The highest BCUT2D eigenvalue weighted by atomic mass is 16.5. The van der Waals surface area contributed by atoms with Gasteiger partial charge in [0.25, 0.3) is 0 Å². The molecule has 4 aromatic carbocycles. The predicted octanol–water partition coefficient (Wildman–Crippen LogP) is 9.27. The monoisotopic (exact) mass is 542 g/mol. The van der Waals surface area contributed by atoms with Crippen molar-refractivity contribution in [1.29, 1.82) is 5.26 Å². The van der Waals surface area contributed by atoms with Gasteiger partial charge in [-0.1, -0.05) is 69.0 Å². The van der Waals surface area contributed by atoms with Gasteiger partial charge in [0, 0.05) is 22.4 Å². The first kappa shape index (κ1) is 28.9. The molecule has 0 radical (unpaired) electrons. The Morgan fingerprint density at radius 3 is 2.29 bits per heavy atom. The predicted molar refractivity (Wildman–Crippen MR) is 167 cm³/mol. The number of allylic oxidation sites excluding steroid dienone is 2. The number of hydrogen-bond acceptors (Lipinski definition) is 4. The van der Waals surface area contributed by atoms with Crippen LogP contribution in [-0.2, 0) is 0 Å². The second-order valence-corrected chi connectivity index (χ2v) is 9.76. The number of para-hydroxylation sites is 1. The summed E-state index contributed by atoms with van der Waals surface area (Å²) in [4.78, 5) is 11.8. The van der Waals surface area contributed by atoms with Gasteiger partial charge in [-0.05, 0) is 85.0 Å². The second-order valence-electron chi connectivity index (χ2n) is 9.76. The Morgan fingerprint density at radius 1 is 0.927 bits per heavy atom. The molecular weight excluding hydrogens is 508 g/mol. The van der Waals surface area contributed by atoms with Crippen molar-refractivity contribution in [3.05, 3.63) is 130 Å². The molecule has 5 nitrogen and oxygen atoms in total. The molecule has 1 aliphatic heterocycles. The average molecular weight is 543 g/mol. The lowest BCUT2D eigenvalue weighted by atomic mass is 9.89. The molecule has 0 spiro atoms. The molecule has 4 aromatic rings. The molecule has 0 amide bonds. The molecule has 0 fully saturated rings. The number of nitriles is 1. The first-order valence-electron chi connectivity index (χ1n) is 13.7. The number of nitrogens with zero attached hydrogens (tertiary/aromatic N) is 1. The van der Waals surface area contributed by atoms with E-state index in [1.54, 1.807) is 24.3 Å². The normalized spacial score (nSPS) is 12.7. The Kier molecular flexibility index (Phi) is 8.75. The van der Waals surface area contributed by atoms with Crippen LogP contribution in [0.2, 0.25) is 0 Å². The SMILES string of the molecule is C=C1C(C)=C(c2cccc(-c3cccc(C#N)c3)c2)Oc2c1cc(C)cc2C(C)Nc1ccccc1C(=O)O.CC. The van der Waals surface area contributed by atoms with Crippen LogP contribution in [0.25, 0.3) is 22.5 Å². The van der Waals surface area contributed by atoms with E-state index >= 15 is 0 Å². The van der Waals surface area contributed by atoms with Gasteiger partial charge in [-0.15, -0.1) is 0 Å². The Morgan fingerprint density at radius 2 is 1.59 bits per heavy atom. The van der Waals surface area contributed by atoms with E-state index < -0.39 is 5.97 Å². The molecule has 41 heavy (non-hydrogen) atoms. The van der Waals surface area contributed by atoms with E-state index in [2.05, 4.69) is 36.2 Å². The summed E-state index contributed by atoms with van der Waals surface area (Å²) in [6, 6.07) is 28.6. The fourth-order valence-corrected chi connectivity index (χ4v) is 4.97. The molecule has 0 bridgehead atoms. The quantitative estimate of drug-likeness (QED) is 0.254. The van der Waals surface area contributed by atoms with Gasteiger partial charge in [0.2, 0.25) is 0 Å². The molecule has 0 saturated heterocycles. The van der Waals surface area contributed by atoms with E-state index in [1.807, 2.05) is 77.1 Å². The fraction of sp³-hybridized carbons (Fsp3) is 0.167. The van der Waals surface area contributed by atoms with Crippen molar-refractivity contribution >= 4 is 23.0 Å². The van der Waals surface area contributed by atoms with Gasteiger partial charge in [-0.3, -0.25) is 0 Å². The van der Waals surface area contributed by atoms with Crippen LogP contribution in [0.3, 0.4) is 0 Å².